The summed E-state index contributed by atoms with van der Waals surface area (Å²) in [6.07, 6.45) is 1.42. The van der Waals surface area contributed by atoms with E-state index in [1.165, 1.54) is 25.5 Å². The number of carbonyl (C=O) groups is 1. The van der Waals surface area contributed by atoms with Crippen molar-refractivity contribution in [3.05, 3.63) is 88.4 Å². The van der Waals surface area contributed by atoms with Gasteiger partial charge in [-0.1, -0.05) is 46.3 Å². The highest BCUT2D eigenvalue weighted by molar-refractivity contribution is 9.10. The first-order valence-corrected chi connectivity index (χ1v) is 12.4. The molecule has 0 radical (unpaired) electrons. The van der Waals surface area contributed by atoms with E-state index in [4.69, 9.17) is 9.47 Å². The Labute approximate surface area is 207 Å². The van der Waals surface area contributed by atoms with Gasteiger partial charge < -0.3 is 9.47 Å². The van der Waals surface area contributed by atoms with Gasteiger partial charge in [-0.3, -0.25) is 4.79 Å². The second-order valence-electron chi connectivity index (χ2n) is 7.11. The number of halogens is 1. The summed E-state index contributed by atoms with van der Waals surface area (Å²) < 4.78 is 38.9. The molecule has 0 aliphatic carbocycles. The zero-order valence-corrected chi connectivity index (χ0v) is 21.0. The van der Waals surface area contributed by atoms with Crippen molar-refractivity contribution in [3.63, 3.8) is 0 Å². The first-order chi connectivity index (χ1) is 16.3. The van der Waals surface area contributed by atoms with Gasteiger partial charge in [-0.25, -0.2) is 13.8 Å². The summed E-state index contributed by atoms with van der Waals surface area (Å²) in [6, 6.07) is 20.4. The van der Waals surface area contributed by atoms with Gasteiger partial charge in [-0.05, 0) is 42.0 Å². The van der Waals surface area contributed by atoms with E-state index >= 15 is 0 Å². The molecule has 3 rings (SSSR count). The lowest BCUT2D eigenvalue weighted by molar-refractivity contribution is -0.121. The van der Waals surface area contributed by atoms with Gasteiger partial charge in [-0.15, -0.1) is 0 Å². The Morgan fingerprint density at radius 1 is 1.03 bits per heavy atom. The molecule has 0 spiro atoms. The average Bonchev–Trinajstić information content (AvgIpc) is 2.85. The number of hydrogen-bond donors (Lipinski definition) is 1. The molecule has 0 aliphatic rings. The molecule has 0 heterocycles. The Morgan fingerprint density at radius 3 is 2.38 bits per heavy atom. The summed E-state index contributed by atoms with van der Waals surface area (Å²) in [6.45, 7) is -0.391. The minimum atomic E-state index is -3.93. The molecule has 178 valence electrons. The minimum absolute atomic E-state index is 0.0218. The second-order valence-corrected chi connectivity index (χ2v) is 9.97. The molecule has 0 saturated heterocycles. The van der Waals surface area contributed by atoms with Crippen molar-refractivity contribution in [2.45, 2.75) is 11.4 Å². The minimum Gasteiger partial charge on any atom is -0.497 e. The Balaban J connectivity index is 1.77. The number of rotatable bonds is 10. The average molecular weight is 546 g/mol. The first-order valence-electron chi connectivity index (χ1n) is 10.2. The molecular formula is C24H24BrN3O5S. The molecule has 0 saturated carbocycles. The lowest BCUT2D eigenvalue weighted by atomic mass is 10.2. The van der Waals surface area contributed by atoms with Crippen molar-refractivity contribution in [3.8, 4) is 11.5 Å². The lowest BCUT2D eigenvalue weighted by Gasteiger charge is -2.21. The Kier molecular flexibility index (Phi) is 8.80. The number of methoxy groups -OCH3 is 2. The van der Waals surface area contributed by atoms with E-state index in [0.717, 1.165) is 14.3 Å². The molecule has 0 unspecified atom stereocenters. The number of ether oxygens (including phenoxy) is 2. The van der Waals surface area contributed by atoms with Crippen molar-refractivity contribution in [2.75, 3.05) is 20.8 Å². The van der Waals surface area contributed by atoms with Crippen LogP contribution < -0.4 is 14.9 Å². The number of benzene rings is 3. The van der Waals surface area contributed by atoms with Crippen LogP contribution in [0.25, 0.3) is 0 Å². The summed E-state index contributed by atoms with van der Waals surface area (Å²) in [5.74, 6) is 0.550. The maximum absolute atomic E-state index is 13.2. The predicted molar refractivity (Wildman–Crippen MR) is 133 cm³/mol. The molecule has 1 N–H and O–H groups in total. The van der Waals surface area contributed by atoms with Crippen molar-refractivity contribution in [1.29, 1.82) is 0 Å². The largest absolute Gasteiger partial charge is 0.497 e. The van der Waals surface area contributed by atoms with E-state index in [1.807, 2.05) is 12.1 Å². The summed E-state index contributed by atoms with van der Waals surface area (Å²) in [4.78, 5) is 12.7. The van der Waals surface area contributed by atoms with Crippen molar-refractivity contribution in [2.24, 2.45) is 5.10 Å². The van der Waals surface area contributed by atoms with E-state index in [9.17, 15) is 13.2 Å². The number of carbonyl (C=O) groups excluding carboxylic acids is 1. The van der Waals surface area contributed by atoms with Crippen LogP contribution in [0.15, 0.2) is 87.3 Å². The van der Waals surface area contributed by atoms with Gasteiger partial charge in [0.05, 0.1) is 31.9 Å². The van der Waals surface area contributed by atoms with E-state index in [2.05, 4.69) is 26.5 Å². The maximum atomic E-state index is 13.2. The van der Waals surface area contributed by atoms with Gasteiger partial charge in [0.15, 0.2) is 0 Å². The SMILES string of the molecule is COc1ccc(/C=N\NC(=O)CN(Cc2ccc(Br)cc2)S(=O)(=O)c2ccccc2)c(OC)c1. The fraction of sp³-hybridized carbons (Fsp3) is 0.167. The van der Waals surface area contributed by atoms with Crippen LogP contribution in [0.5, 0.6) is 11.5 Å². The van der Waals surface area contributed by atoms with Crippen LogP contribution in [-0.2, 0) is 21.4 Å². The number of sulfonamides is 1. The molecule has 3 aromatic carbocycles. The standard InChI is InChI=1S/C24H24BrN3O5S/c1-32-21-13-10-19(23(14-21)33-2)15-26-27-24(29)17-28(16-18-8-11-20(25)12-9-18)34(30,31)22-6-4-3-5-7-22/h3-15H,16-17H2,1-2H3,(H,27,29)/b26-15-. The van der Waals surface area contributed by atoms with Crippen LogP contribution in [0.1, 0.15) is 11.1 Å². The molecular weight excluding hydrogens is 522 g/mol. The smallest absolute Gasteiger partial charge is 0.255 e. The topological polar surface area (TPSA) is 97.3 Å². The zero-order valence-electron chi connectivity index (χ0n) is 18.6. The van der Waals surface area contributed by atoms with Crippen molar-refractivity contribution < 1.29 is 22.7 Å². The van der Waals surface area contributed by atoms with Crippen LogP contribution in [0.4, 0.5) is 0 Å². The normalized spacial score (nSPS) is 11.5. The number of nitrogens with one attached hydrogen (secondary N) is 1. The van der Waals surface area contributed by atoms with E-state index in [-0.39, 0.29) is 11.4 Å². The molecule has 0 aliphatic heterocycles. The Bertz CT molecular complexity index is 1250. The van der Waals surface area contributed by atoms with Crippen LogP contribution in [0.3, 0.4) is 0 Å². The predicted octanol–water partition coefficient (Wildman–Crippen LogP) is 3.81. The maximum Gasteiger partial charge on any atom is 0.255 e. The van der Waals surface area contributed by atoms with E-state index in [1.54, 1.807) is 55.6 Å². The zero-order chi connectivity index (χ0) is 24.6. The van der Waals surface area contributed by atoms with Crippen LogP contribution in [0.2, 0.25) is 0 Å². The second kappa shape index (κ2) is 11.8. The number of nitrogens with zero attached hydrogens (tertiary/aromatic N) is 2. The molecule has 0 atom stereocenters. The van der Waals surface area contributed by atoms with E-state index in [0.29, 0.717) is 17.1 Å². The Hall–Kier alpha value is -3.21. The highest BCUT2D eigenvalue weighted by Gasteiger charge is 2.26. The summed E-state index contributed by atoms with van der Waals surface area (Å²) in [7, 11) is -0.864. The quantitative estimate of drug-likeness (QED) is 0.308. The molecule has 0 bridgehead atoms. The molecule has 3 aromatic rings. The molecule has 1 amide bonds. The van der Waals surface area contributed by atoms with Crippen LogP contribution in [-0.4, -0.2) is 45.6 Å². The molecule has 34 heavy (non-hydrogen) atoms. The third kappa shape index (κ3) is 6.66. The van der Waals surface area contributed by atoms with Gasteiger partial charge in [0.2, 0.25) is 10.0 Å². The third-order valence-corrected chi connectivity index (χ3v) is 7.14. The van der Waals surface area contributed by atoms with Gasteiger partial charge >= 0.3 is 0 Å². The Morgan fingerprint density at radius 2 is 1.74 bits per heavy atom. The number of hydrogen-bond acceptors (Lipinski definition) is 6. The van der Waals surface area contributed by atoms with Gasteiger partial charge in [-0.2, -0.15) is 9.41 Å². The summed E-state index contributed by atoms with van der Waals surface area (Å²) in [5, 5.41) is 3.96. The number of amides is 1. The first kappa shape index (κ1) is 25.4. The molecule has 0 aromatic heterocycles. The van der Waals surface area contributed by atoms with Gasteiger partial charge in [0.25, 0.3) is 5.91 Å². The highest BCUT2D eigenvalue weighted by Crippen LogP contribution is 2.23. The molecule has 10 heteroatoms. The van der Waals surface area contributed by atoms with Gasteiger partial charge in [0, 0.05) is 22.6 Å². The van der Waals surface area contributed by atoms with E-state index < -0.39 is 22.5 Å². The summed E-state index contributed by atoms with van der Waals surface area (Å²) >= 11 is 3.37. The highest BCUT2D eigenvalue weighted by atomic mass is 79.9. The van der Waals surface area contributed by atoms with Crippen molar-refractivity contribution in [1.82, 2.24) is 9.73 Å². The molecule has 0 fully saturated rings. The lowest BCUT2D eigenvalue weighted by Crippen LogP contribution is -2.39. The summed E-state index contributed by atoms with van der Waals surface area (Å²) in [5.41, 5.74) is 3.75. The fourth-order valence-corrected chi connectivity index (χ4v) is 4.73. The number of hydrazone groups is 1. The van der Waals surface area contributed by atoms with Crippen molar-refractivity contribution >= 4 is 38.1 Å². The molecule has 8 nitrogen and oxygen atoms in total. The fourth-order valence-electron chi connectivity index (χ4n) is 3.06. The van der Waals surface area contributed by atoms with Crippen LogP contribution >= 0.6 is 15.9 Å². The monoisotopic (exact) mass is 545 g/mol. The van der Waals surface area contributed by atoms with Gasteiger partial charge in [0.1, 0.15) is 11.5 Å². The van der Waals surface area contributed by atoms with Crippen LogP contribution in [0, 0.1) is 0 Å². The third-order valence-electron chi connectivity index (χ3n) is 4.81.